The summed E-state index contributed by atoms with van der Waals surface area (Å²) in [4.78, 5) is 4.60. The van der Waals surface area contributed by atoms with E-state index in [4.69, 9.17) is 9.15 Å². The molecular formula is C16H18N2O2S. The van der Waals surface area contributed by atoms with Gasteiger partial charge in [-0.05, 0) is 31.2 Å². The highest BCUT2D eigenvalue weighted by atomic mass is 32.1. The van der Waals surface area contributed by atoms with Gasteiger partial charge in [0.15, 0.2) is 10.8 Å². The Balaban J connectivity index is 1.64. The zero-order valence-corrected chi connectivity index (χ0v) is 12.8. The molecule has 0 spiro atoms. The quantitative estimate of drug-likeness (QED) is 0.676. The molecule has 0 atom stereocenters. The van der Waals surface area contributed by atoms with Crippen molar-refractivity contribution in [2.45, 2.75) is 13.5 Å². The van der Waals surface area contributed by atoms with Crippen LogP contribution in [-0.4, -0.2) is 24.7 Å². The van der Waals surface area contributed by atoms with E-state index in [1.807, 2.05) is 37.3 Å². The molecule has 0 bridgehead atoms. The number of ether oxygens (including phenoxy) is 1. The van der Waals surface area contributed by atoms with Crippen LogP contribution in [0.25, 0.3) is 21.0 Å². The van der Waals surface area contributed by atoms with Crippen molar-refractivity contribution in [1.29, 1.82) is 0 Å². The molecule has 5 heteroatoms. The van der Waals surface area contributed by atoms with E-state index in [-0.39, 0.29) is 0 Å². The predicted octanol–water partition coefficient (Wildman–Crippen LogP) is 3.68. The van der Waals surface area contributed by atoms with Gasteiger partial charge in [0.25, 0.3) is 0 Å². The van der Waals surface area contributed by atoms with Crippen LogP contribution in [0, 0.1) is 0 Å². The third-order valence-corrected chi connectivity index (χ3v) is 4.14. The van der Waals surface area contributed by atoms with Crippen molar-refractivity contribution in [2.24, 2.45) is 0 Å². The van der Waals surface area contributed by atoms with Crippen LogP contribution in [0.4, 0.5) is 0 Å². The average molecular weight is 302 g/mol. The number of nitrogens with one attached hydrogen (secondary N) is 1. The minimum atomic E-state index is 0.706. The van der Waals surface area contributed by atoms with Crippen LogP contribution in [0.5, 0.6) is 0 Å². The number of aromatic nitrogens is 1. The van der Waals surface area contributed by atoms with Crippen LogP contribution in [0.15, 0.2) is 40.8 Å². The molecule has 2 aromatic heterocycles. The lowest BCUT2D eigenvalue weighted by molar-refractivity contribution is 0.148. The largest absolute Gasteiger partial charge is 0.457 e. The Bertz CT molecular complexity index is 672. The molecular weight excluding hydrogens is 284 g/mol. The van der Waals surface area contributed by atoms with Gasteiger partial charge in [-0.1, -0.05) is 12.1 Å². The molecule has 0 aliphatic heterocycles. The van der Waals surface area contributed by atoms with E-state index in [1.165, 1.54) is 4.70 Å². The van der Waals surface area contributed by atoms with Gasteiger partial charge in [-0.2, -0.15) is 0 Å². The number of benzene rings is 1. The van der Waals surface area contributed by atoms with Gasteiger partial charge >= 0.3 is 0 Å². The Hall–Kier alpha value is -1.69. The van der Waals surface area contributed by atoms with E-state index >= 15 is 0 Å². The number of fused-ring (bicyclic) bond motifs is 1. The van der Waals surface area contributed by atoms with Gasteiger partial charge in [0.2, 0.25) is 0 Å². The van der Waals surface area contributed by atoms with Crippen LogP contribution < -0.4 is 5.32 Å². The second kappa shape index (κ2) is 6.85. The van der Waals surface area contributed by atoms with E-state index in [0.717, 1.165) is 41.8 Å². The summed E-state index contributed by atoms with van der Waals surface area (Å²) in [7, 11) is 0. The van der Waals surface area contributed by atoms with Crippen LogP contribution in [0.3, 0.4) is 0 Å². The van der Waals surface area contributed by atoms with Crippen molar-refractivity contribution in [3.05, 3.63) is 42.2 Å². The zero-order chi connectivity index (χ0) is 14.5. The molecule has 0 aliphatic rings. The second-order valence-electron chi connectivity index (χ2n) is 4.63. The highest BCUT2D eigenvalue weighted by Crippen LogP contribution is 2.30. The van der Waals surface area contributed by atoms with Crippen LogP contribution >= 0.6 is 11.3 Å². The predicted molar refractivity (Wildman–Crippen MR) is 85.5 cm³/mol. The topological polar surface area (TPSA) is 47.3 Å². The van der Waals surface area contributed by atoms with E-state index in [2.05, 4.69) is 16.4 Å². The third-order valence-electron chi connectivity index (χ3n) is 3.09. The van der Waals surface area contributed by atoms with E-state index in [1.54, 1.807) is 11.3 Å². The number of para-hydroxylation sites is 1. The zero-order valence-electron chi connectivity index (χ0n) is 12.0. The Labute approximate surface area is 127 Å². The van der Waals surface area contributed by atoms with Crippen molar-refractivity contribution in [2.75, 3.05) is 19.8 Å². The summed E-state index contributed by atoms with van der Waals surface area (Å²) in [6.45, 7) is 5.01. The molecule has 0 radical (unpaired) electrons. The fraction of sp³-hybridized carbons (Fsp3) is 0.312. The summed E-state index contributed by atoms with van der Waals surface area (Å²) in [6, 6.07) is 12.1. The smallest absolute Gasteiger partial charge is 0.163 e. The number of thiazole rings is 1. The van der Waals surface area contributed by atoms with Gasteiger partial charge in [-0.15, -0.1) is 11.3 Å². The highest BCUT2D eigenvalue weighted by Gasteiger charge is 2.10. The maximum absolute atomic E-state index is 5.85. The van der Waals surface area contributed by atoms with Crippen molar-refractivity contribution in [1.82, 2.24) is 10.3 Å². The van der Waals surface area contributed by atoms with Crippen LogP contribution in [0.2, 0.25) is 0 Å². The standard InChI is InChI=1S/C16H18N2O2S/c1-2-19-10-9-17-11-12-7-8-14(20-12)16-18-13-5-3-4-6-15(13)21-16/h3-8,17H,2,9-11H2,1H3. The lowest BCUT2D eigenvalue weighted by Crippen LogP contribution is -2.18. The first-order valence-corrected chi connectivity index (χ1v) is 7.91. The Morgan fingerprint density at radius 3 is 3.00 bits per heavy atom. The molecule has 0 amide bonds. The molecule has 3 aromatic rings. The first kappa shape index (κ1) is 14.3. The molecule has 0 saturated carbocycles. The number of furan rings is 1. The molecule has 1 N–H and O–H groups in total. The minimum Gasteiger partial charge on any atom is -0.457 e. The van der Waals surface area contributed by atoms with Crippen molar-refractivity contribution in [3.8, 4) is 10.8 Å². The van der Waals surface area contributed by atoms with Gasteiger partial charge in [0.05, 0.1) is 23.4 Å². The van der Waals surface area contributed by atoms with Gasteiger partial charge < -0.3 is 14.5 Å². The lowest BCUT2D eigenvalue weighted by atomic mass is 10.3. The molecule has 3 rings (SSSR count). The molecule has 1 aromatic carbocycles. The summed E-state index contributed by atoms with van der Waals surface area (Å²) in [6.07, 6.45) is 0. The molecule has 21 heavy (non-hydrogen) atoms. The monoisotopic (exact) mass is 302 g/mol. The Morgan fingerprint density at radius 2 is 2.14 bits per heavy atom. The van der Waals surface area contributed by atoms with Crippen molar-refractivity contribution >= 4 is 21.6 Å². The minimum absolute atomic E-state index is 0.706. The second-order valence-corrected chi connectivity index (χ2v) is 5.66. The van der Waals surface area contributed by atoms with Crippen LogP contribution in [0.1, 0.15) is 12.7 Å². The molecule has 0 unspecified atom stereocenters. The lowest BCUT2D eigenvalue weighted by Gasteiger charge is -2.02. The highest BCUT2D eigenvalue weighted by molar-refractivity contribution is 7.21. The number of hydrogen-bond acceptors (Lipinski definition) is 5. The van der Waals surface area contributed by atoms with Crippen molar-refractivity contribution < 1.29 is 9.15 Å². The maximum atomic E-state index is 5.85. The van der Waals surface area contributed by atoms with Crippen molar-refractivity contribution in [3.63, 3.8) is 0 Å². The first-order chi connectivity index (χ1) is 10.4. The molecule has 110 valence electrons. The fourth-order valence-electron chi connectivity index (χ4n) is 2.07. The van der Waals surface area contributed by atoms with Crippen LogP contribution in [-0.2, 0) is 11.3 Å². The Morgan fingerprint density at radius 1 is 1.24 bits per heavy atom. The van der Waals surface area contributed by atoms with Gasteiger partial charge in [-0.3, -0.25) is 0 Å². The number of hydrogen-bond donors (Lipinski definition) is 1. The van der Waals surface area contributed by atoms with Gasteiger partial charge in [0, 0.05) is 13.2 Å². The van der Waals surface area contributed by atoms with E-state index in [9.17, 15) is 0 Å². The normalized spacial score (nSPS) is 11.3. The summed E-state index contributed by atoms with van der Waals surface area (Å²) in [5.74, 6) is 1.75. The summed E-state index contributed by atoms with van der Waals surface area (Å²) in [5, 5.41) is 4.22. The fourth-order valence-corrected chi connectivity index (χ4v) is 2.99. The molecule has 0 saturated heterocycles. The molecule has 0 fully saturated rings. The number of rotatable bonds is 7. The summed E-state index contributed by atoms with van der Waals surface area (Å²) >= 11 is 1.65. The average Bonchev–Trinajstić information content (AvgIpc) is 3.13. The van der Waals surface area contributed by atoms with Gasteiger partial charge in [0.1, 0.15) is 5.76 Å². The molecule has 0 aliphatic carbocycles. The SMILES string of the molecule is CCOCCNCc1ccc(-c2nc3ccccc3s2)o1. The third kappa shape index (κ3) is 3.50. The first-order valence-electron chi connectivity index (χ1n) is 7.10. The Kier molecular flexibility index (Phi) is 4.65. The molecule has 2 heterocycles. The van der Waals surface area contributed by atoms with Gasteiger partial charge in [-0.25, -0.2) is 4.98 Å². The molecule has 4 nitrogen and oxygen atoms in total. The van der Waals surface area contributed by atoms with E-state index in [0.29, 0.717) is 6.54 Å². The van der Waals surface area contributed by atoms with E-state index < -0.39 is 0 Å². The summed E-state index contributed by atoms with van der Waals surface area (Å²) in [5.41, 5.74) is 1.02. The summed E-state index contributed by atoms with van der Waals surface area (Å²) < 4.78 is 12.3. The maximum Gasteiger partial charge on any atom is 0.163 e. The number of nitrogens with zero attached hydrogens (tertiary/aromatic N) is 1.